The minimum atomic E-state index is -0.431. The van der Waals surface area contributed by atoms with Crippen molar-refractivity contribution in [3.63, 3.8) is 0 Å². The third-order valence-corrected chi connectivity index (χ3v) is 1.85. The fraction of sp³-hybridized carbons (Fsp3) is 0.182. The molecular formula is C11H10FN5. The first-order chi connectivity index (χ1) is 8.21. The summed E-state index contributed by atoms with van der Waals surface area (Å²) in [6, 6.07) is 7.29. The van der Waals surface area contributed by atoms with Gasteiger partial charge < -0.3 is 5.32 Å². The predicted octanol–water partition coefficient (Wildman–Crippen LogP) is 2.07. The molecule has 1 aromatic carbocycles. The molecule has 0 amide bonds. The van der Waals surface area contributed by atoms with Crippen LogP contribution < -0.4 is 10.7 Å². The van der Waals surface area contributed by atoms with Gasteiger partial charge in [0, 0.05) is 12.6 Å². The van der Waals surface area contributed by atoms with E-state index in [4.69, 9.17) is 10.5 Å². The Balaban J connectivity index is 2.97. The third-order valence-electron chi connectivity index (χ3n) is 1.85. The zero-order valence-corrected chi connectivity index (χ0v) is 9.16. The third kappa shape index (κ3) is 3.47. The van der Waals surface area contributed by atoms with Gasteiger partial charge in [-0.1, -0.05) is 0 Å². The number of nitrogens with one attached hydrogen (secondary N) is 2. The Labute approximate surface area is 98.2 Å². The molecule has 0 aliphatic carbocycles. The van der Waals surface area contributed by atoms with Crippen molar-refractivity contribution in [3.05, 3.63) is 24.0 Å². The summed E-state index contributed by atoms with van der Waals surface area (Å²) in [6.07, 6.45) is 0. The van der Waals surface area contributed by atoms with Crippen molar-refractivity contribution in [1.29, 1.82) is 10.5 Å². The number of nitrogens with zero attached hydrogens (tertiary/aromatic N) is 3. The standard InChI is InChI=1S/C11H10FN5/c1-2-15-10-4-3-8(12)5-11(10)17-16-9(6-13)7-14/h3-5,15,17H,2H2,1H3. The molecule has 1 rings (SSSR count). The van der Waals surface area contributed by atoms with Crippen molar-refractivity contribution in [1.82, 2.24) is 0 Å². The highest BCUT2D eigenvalue weighted by Gasteiger charge is 2.03. The van der Waals surface area contributed by atoms with Crippen LogP contribution >= 0.6 is 0 Å². The van der Waals surface area contributed by atoms with Crippen molar-refractivity contribution >= 4 is 17.1 Å². The minimum Gasteiger partial charge on any atom is -0.384 e. The number of hydrogen-bond acceptors (Lipinski definition) is 5. The summed E-state index contributed by atoms with van der Waals surface area (Å²) in [7, 11) is 0. The smallest absolute Gasteiger partial charge is 0.237 e. The highest BCUT2D eigenvalue weighted by molar-refractivity contribution is 6.10. The van der Waals surface area contributed by atoms with E-state index in [0.717, 1.165) is 0 Å². The van der Waals surface area contributed by atoms with Gasteiger partial charge in [0.15, 0.2) is 0 Å². The first kappa shape index (κ1) is 12.5. The maximum Gasteiger partial charge on any atom is 0.237 e. The molecule has 1 aromatic rings. The second-order valence-corrected chi connectivity index (χ2v) is 3.02. The molecule has 0 aromatic heterocycles. The Morgan fingerprint density at radius 2 is 2.06 bits per heavy atom. The van der Waals surface area contributed by atoms with Gasteiger partial charge in [-0.25, -0.2) is 4.39 Å². The second kappa shape index (κ2) is 6.09. The number of nitriles is 2. The van der Waals surface area contributed by atoms with Crippen LogP contribution in [0.15, 0.2) is 23.3 Å². The van der Waals surface area contributed by atoms with Gasteiger partial charge in [-0.05, 0) is 19.1 Å². The molecule has 2 N–H and O–H groups in total. The van der Waals surface area contributed by atoms with Crippen LogP contribution in [-0.2, 0) is 0 Å². The zero-order chi connectivity index (χ0) is 12.7. The quantitative estimate of drug-likeness (QED) is 0.613. The largest absolute Gasteiger partial charge is 0.384 e. The highest BCUT2D eigenvalue weighted by Crippen LogP contribution is 2.22. The molecule has 0 saturated heterocycles. The van der Waals surface area contributed by atoms with E-state index in [9.17, 15) is 4.39 Å². The van der Waals surface area contributed by atoms with Gasteiger partial charge in [-0.15, -0.1) is 0 Å². The maximum atomic E-state index is 13.0. The summed E-state index contributed by atoms with van der Waals surface area (Å²) in [5.74, 6) is -0.431. The summed E-state index contributed by atoms with van der Waals surface area (Å²) < 4.78 is 13.0. The average molecular weight is 231 g/mol. The molecule has 5 nitrogen and oxygen atoms in total. The van der Waals surface area contributed by atoms with Crippen LogP contribution in [0.4, 0.5) is 15.8 Å². The lowest BCUT2D eigenvalue weighted by molar-refractivity contribution is 0.628. The Hall–Kier alpha value is -2.60. The Bertz CT molecular complexity index is 494. The molecule has 0 aliphatic rings. The SMILES string of the molecule is CCNc1ccc(F)cc1NN=C(C#N)C#N. The van der Waals surface area contributed by atoms with E-state index >= 15 is 0 Å². The van der Waals surface area contributed by atoms with E-state index < -0.39 is 5.82 Å². The van der Waals surface area contributed by atoms with Crippen molar-refractivity contribution in [2.45, 2.75) is 6.92 Å². The van der Waals surface area contributed by atoms with E-state index in [1.54, 1.807) is 18.2 Å². The second-order valence-electron chi connectivity index (χ2n) is 3.02. The van der Waals surface area contributed by atoms with E-state index in [1.807, 2.05) is 6.92 Å². The number of anilines is 2. The van der Waals surface area contributed by atoms with Crippen LogP contribution in [0.3, 0.4) is 0 Å². The molecule has 86 valence electrons. The molecule has 0 heterocycles. The molecule has 0 atom stereocenters. The average Bonchev–Trinajstić information content (AvgIpc) is 2.34. The highest BCUT2D eigenvalue weighted by atomic mass is 19.1. The molecule has 0 aliphatic heterocycles. The van der Waals surface area contributed by atoms with Gasteiger partial charge in [0.05, 0.1) is 11.4 Å². The lowest BCUT2D eigenvalue weighted by Gasteiger charge is -2.09. The topological polar surface area (TPSA) is 84.0 Å². The molecule has 0 radical (unpaired) electrons. The normalized spacial score (nSPS) is 8.71. The molecular weight excluding hydrogens is 221 g/mol. The first-order valence-electron chi connectivity index (χ1n) is 4.88. The molecule has 17 heavy (non-hydrogen) atoms. The summed E-state index contributed by atoms with van der Waals surface area (Å²) in [6.45, 7) is 2.56. The first-order valence-corrected chi connectivity index (χ1v) is 4.88. The predicted molar refractivity (Wildman–Crippen MR) is 62.8 cm³/mol. The summed E-state index contributed by atoms with van der Waals surface area (Å²) >= 11 is 0. The lowest BCUT2D eigenvalue weighted by atomic mass is 10.2. The fourth-order valence-electron chi connectivity index (χ4n) is 1.14. The van der Waals surface area contributed by atoms with Crippen molar-refractivity contribution in [3.8, 4) is 12.1 Å². The van der Waals surface area contributed by atoms with Crippen LogP contribution in [0.1, 0.15) is 6.92 Å². The molecule has 0 spiro atoms. The van der Waals surface area contributed by atoms with E-state index in [0.29, 0.717) is 17.9 Å². The lowest BCUT2D eigenvalue weighted by Crippen LogP contribution is -2.03. The fourth-order valence-corrected chi connectivity index (χ4v) is 1.14. The van der Waals surface area contributed by atoms with Crippen LogP contribution in [0, 0.1) is 28.5 Å². The van der Waals surface area contributed by atoms with Gasteiger partial charge in [0.25, 0.3) is 0 Å². The van der Waals surface area contributed by atoms with Gasteiger partial charge in [0.1, 0.15) is 18.0 Å². The van der Waals surface area contributed by atoms with Crippen molar-refractivity contribution in [2.75, 3.05) is 17.3 Å². The van der Waals surface area contributed by atoms with Crippen molar-refractivity contribution in [2.24, 2.45) is 5.10 Å². The minimum absolute atomic E-state index is 0.322. The van der Waals surface area contributed by atoms with Crippen LogP contribution in [0.5, 0.6) is 0 Å². The van der Waals surface area contributed by atoms with E-state index in [1.165, 1.54) is 12.1 Å². The van der Waals surface area contributed by atoms with Crippen molar-refractivity contribution < 1.29 is 4.39 Å². The van der Waals surface area contributed by atoms with Gasteiger partial charge in [-0.3, -0.25) is 5.43 Å². The zero-order valence-electron chi connectivity index (χ0n) is 9.16. The number of benzene rings is 1. The number of halogens is 1. The van der Waals surface area contributed by atoms with Gasteiger partial charge in [0.2, 0.25) is 5.71 Å². The van der Waals surface area contributed by atoms with Crippen LogP contribution in [0.25, 0.3) is 0 Å². The Morgan fingerprint density at radius 1 is 1.35 bits per heavy atom. The summed E-state index contributed by atoms with van der Waals surface area (Å²) in [5, 5.41) is 23.5. The molecule has 0 saturated carbocycles. The van der Waals surface area contributed by atoms with Crippen LogP contribution in [-0.4, -0.2) is 12.3 Å². The monoisotopic (exact) mass is 231 g/mol. The number of hydrazone groups is 1. The molecule has 0 unspecified atom stereocenters. The number of rotatable bonds is 4. The van der Waals surface area contributed by atoms with E-state index in [2.05, 4.69) is 15.8 Å². The van der Waals surface area contributed by atoms with E-state index in [-0.39, 0.29) is 5.71 Å². The Morgan fingerprint density at radius 3 is 2.65 bits per heavy atom. The molecule has 6 heteroatoms. The Kier molecular flexibility index (Phi) is 4.46. The summed E-state index contributed by atoms with van der Waals surface area (Å²) in [5.41, 5.74) is 3.18. The number of hydrogen-bond donors (Lipinski definition) is 2. The molecule has 0 bridgehead atoms. The molecule has 0 fully saturated rings. The van der Waals surface area contributed by atoms with Gasteiger partial charge in [-0.2, -0.15) is 15.6 Å². The van der Waals surface area contributed by atoms with Crippen LogP contribution in [0.2, 0.25) is 0 Å². The maximum absolute atomic E-state index is 13.0. The van der Waals surface area contributed by atoms with Gasteiger partial charge >= 0.3 is 0 Å². The summed E-state index contributed by atoms with van der Waals surface area (Å²) in [4.78, 5) is 0.